The van der Waals surface area contributed by atoms with Gasteiger partial charge in [0.15, 0.2) is 0 Å². The zero-order valence-corrected chi connectivity index (χ0v) is 16.1. The number of anilines is 1. The van der Waals surface area contributed by atoms with Gasteiger partial charge < -0.3 is 15.5 Å². The monoisotopic (exact) mass is 402 g/mol. The molecule has 1 aromatic carbocycles. The van der Waals surface area contributed by atoms with Crippen LogP contribution in [0.5, 0.6) is 0 Å². The van der Waals surface area contributed by atoms with E-state index in [1.54, 1.807) is 6.20 Å². The maximum Gasteiger partial charge on any atom is 0.251 e. The minimum atomic E-state index is -0.850. The number of carbonyl (C=O) groups is 2. The quantitative estimate of drug-likeness (QED) is 0.779. The molecule has 1 aromatic heterocycles. The van der Waals surface area contributed by atoms with Crippen molar-refractivity contribution in [2.75, 3.05) is 24.5 Å². The van der Waals surface area contributed by atoms with Gasteiger partial charge in [-0.2, -0.15) is 0 Å². The fourth-order valence-corrected chi connectivity index (χ4v) is 3.25. The number of amides is 2. The molecule has 3 rings (SSSR count). The van der Waals surface area contributed by atoms with Crippen molar-refractivity contribution in [3.63, 3.8) is 0 Å². The summed E-state index contributed by atoms with van der Waals surface area (Å²) in [7, 11) is 0. The Morgan fingerprint density at radius 2 is 1.66 bits per heavy atom. The Kier molecular flexibility index (Phi) is 7.10. The first-order valence-electron chi connectivity index (χ1n) is 9.72. The van der Waals surface area contributed by atoms with Gasteiger partial charge in [0.25, 0.3) is 5.91 Å². The molecule has 0 spiro atoms. The van der Waals surface area contributed by atoms with E-state index in [1.165, 1.54) is 12.8 Å². The van der Waals surface area contributed by atoms with Crippen LogP contribution in [0, 0.1) is 11.6 Å². The molecule has 2 amide bonds. The fraction of sp³-hybridized carbons (Fsp3) is 0.381. The third-order valence-electron chi connectivity index (χ3n) is 4.76. The van der Waals surface area contributed by atoms with Crippen LogP contribution in [0.2, 0.25) is 0 Å². The fourth-order valence-electron chi connectivity index (χ4n) is 3.25. The van der Waals surface area contributed by atoms with Gasteiger partial charge in [-0.1, -0.05) is 12.8 Å². The molecule has 29 heavy (non-hydrogen) atoms. The lowest BCUT2D eigenvalue weighted by atomic mass is 10.2. The third kappa shape index (κ3) is 6.23. The number of rotatable bonds is 6. The molecule has 1 saturated heterocycles. The number of benzene rings is 1. The average molecular weight is 402 g/mol. The van der Waals surface area contributed by atoms with Crippen LogP contribution in [-0.4, -0.2) is 36.4 Å². The molecule has 0 atom stereocenters. The van der Waals surface area contributed by atoms with Crippen molar-refractivity contribution in [1.29, 1.82) is 0 Å². The Labute approximate surface area is 168 Å². The van der Waals surface area contributed by atoms with E-state index < -0.39 is 23.4 Å². The minimum Gasteiger partial charge on any atom is -0.357 e. The zero-order valence-electron chi connectivity index (χ0n) is 16.1. The largest absolute Gasteiger partial charge is 0.357 e. The van der Waals surface area contributed by atoms with E-state index >= 15 is 0 Å². The molecule has 8 heteroatoms. The van der Waals surface area contributed by atoms with Crippen molar-refractivity contribution in [2.45, 2.75) is 32.2 Å². The van der Waals surface area contributed by atoms with Gasteiger partial charge in [-0.05, 0) is 42.7 Å². The summed E-state index contributed by atoms with van der Waals surface area (Å²) in [5.74, 6) is -1.91. The number of nitrogens with zero attached hydrogens (tertiary/aromatic N) is 2. The third-order valence-corrected chi connectivity index (χ3v) is 4.76. The van der Waals surface area contributed by atoms with Gasteiger partial charge in [-0.3, -0.25) is 9.59 Å². The highest BCUT2D eigenvalue weighted by molar-refractivity contribution is 5.96. The van der Waals surface area contributed by atoms with E-state index in [0.29, 0.717) is 12.6 Å². The summed E-state index contributed by atoms with van der Waals surface area (Å²) in [5.41, 5.74) is 0.734. The normalized spacial score (nSPS) is 14.2. The van der Waals surface area contributed by atoms with E-state index in [-0.39, 0.29) is 12.1 Å². The SMILES string of the molecule is O=C(CNC(=O)c1cc(F)cc(F)c1)NCc1ccnc(N2CCCCCC2)c1. The summed E-state index contributed by atoms with van der Waals surface area (Å²) in [5, 5.41) is 5.08. The molecular weight excluding hydrogens is 378 g/mol. The Morgan fingerprint density at radius 1 is 0.966 bits per heavy atom. The first kappa shape index (κ1) is 20.7. The van der Waals surface area contributed by atoms with Crippen LogP contribution in [0.4, 0.5) is 14.6 Å². The summed E-state index contributed by atoms with van der Waals surface area (Å²) >= 11 is 0. The lowest BCUT2D eigenvalue weighted by Crippen LogP contribution is -2.36. The second-order valence-electron chi connectivity index (χ2n) is 7.04. The first-order valence-corrected chi connectivity index (χ1v) is 9.72. The Balaban J connectivity index is 1.49. The number of aromatic nitrogens is 1. The molecule has 1 aliphatic rings. The van der Waals surface area contributed by atoms with Crippen molar-refractivity contribution in [3.8, 4) is 0 Å². The van der Waals surface area contributed by atoms with Gasteiger partial charge in [-0.25, -0.2) is 13.8 Å². The van der Waals surface area contributed by atoms with Crippen molar-refractivity contribution in [3.05, 3.63) is 59.3 Å². The topological polar surface area (TPSA) is 74.3 Å². The predicted molar refractivity (Wildman–Crippen MR) is 105 cm³/mol. The molecule has 154 valence electrons. The van der Waals surface area contributed by atoms with Gasteiger partial charge >= 0.3 is 0 Å². The number of halogens is 2. The van der Waals surface area contributed by atoms with Crippen molar-refractivity contribution < 1.29 is 18.4 Å². The molecule has 2 heterocycles. The molecule has 2 aromatic rings. The molecule has 0 aliphatic carbocycles. The number of pyridine rings is 1. The van der Waals surface area contributed by atoms with Gasteiger partial charge in [0, 0.05) is 37.5 Å². The first-order chi connectivity index (χ1) is 14.0. The maximum absolute atomic E-state index is 13.2. The van der Waals surface area contributed by atoms with Crippen molar-refractivity contribution >= 4 is 17.6 Å². The lowest BCUT2D eigenvalue weighted by Gasteiger charge is -2.21. The molecular formula is C21H24F2N4O2. The Morgan fingerprint density at radius 3 is 2.34 bits per heavy atom. The van der Waals surface area contributed by atoms with Gasteiger partial charge in [-0.15, -0.1) is 0 Å². The second-order valence-corrected chi connectivity index (χ2v) is 7.04. The highest BCUT2D eigenvalue weighted by Crippen LogP contribution is 2.18. The Bertz CT molecular complexity index is 847. The number of nitrogens with one attached hydrogen (secondary N) is 2. The molecule has 0 radical (unpaired) electrons. The molecule has 0 bridgehead atoms. The summed E-state index contributed by atoms with van der Waals surface area (Å²) < 4.78 is 26.4. The summed E-state index contributed by atoms with van der Waals surface area (Å²) in [4.78, 5) is 30.7. The minimum absolute atomic E-state index is 0.175. The van der Waals surface area contributed by atoms with Crippen LogP contribution in [0.3, 0.4) is 0 Å². The lowest BCUT2D eigenvalue weighted by molar-refractivity contribution is -0.120. The summed E-state index contributed by atoms with van der Waals surface area (Å²) in [6.07, 6.45) is 6.50. The van der Waals surface area contributed by atoms with Crippen LogP contribution in [0.1, 0.15) is 41.6 Å². The smallest absolute Gasteiger partial charge is 0.251 e. The van der Waals surface area contributed by atoms with Crippen LogP contribution in [0.25, 0.3) is 0 Å². The van der Waals surface area contributed by atoms with Crippen LogP contribution in [-0.2, 0) is 11.3 Å². The van der Waals surface area contributed by atoms with E-state index in [9.17, 15) is 18.4 Å². The molecule has 2 N–H and O–H groups in total. The summed E-state index contributed by atoms with van der Waals surface area (Å²) in [6, 6.07) is 6.29. The average Bonchev–Trinajstić information content (AvgIpc) is 2.99. The standard InChI is InChI=1S/C21H24F2N4O2/c22-17-10-16(11-18(23)12-17)21(29)26-14-20(28)25-13-15-5-6-24-19(9-15)27-7-3-1-2-4-8-27/h5-6,9-12H,1-4,7-8,13-14H2,(H,25,28)(H,26,29). The molecule has 0 saturated carbocycles. The van der Waals surface area contributed by atoms with Crippen molar-refractivity contribution in [2.24, 2.45) is 0 Å². The van der Waals surface area contributed by atoms with E-state index in [2.05, 4.69) is 20.5 Å². The van der Waals surface area contributed by atoms with Gasteiger partial charge in [0.1, 0.15) is 17.5 Å². The Hall–Kier alpha value is -3.03. The summed E-state index contributed by atoms with van der Waals surface area (Å²) in [6.45, 7) is 1.97. The number of hydrogen-bond acceptors (Lipinski definition) is 4. The van der Waals surface area contributed by atoms with Crippen LogP contribution in [0.15, 0.2) is 36.5 Å². The van der Waals surface area contributed by atoms with Crippen LogP contribution < -0.4 is 15.5 Å². The van der Waals surface area contributed by atoms with Gasteiger partial charge in [0.05, 0.1) is 6.54 Å². The molecule has 6 nitrogen and oxygen atoms in total. The molecule has 0 unspecified atom stereocenters. The van der Waals surface area contributed by atoms with E-state index in [1.807, 2.05) is 12.1 Å². The van der Waals surface area contributed by atoms with E-state index in [4.69, 9.17) is 0 Å². The number of carbonyl (C=O) groups excluding carboxylic acids is 2. The highest BCUT2D eigenvalue weighted by Gasteiger charge is 2.13. The maximum atomic E-state index is 13.2. The second kappa shape index (κ2) is 9.95. The molecule has 1 fully saturated rings. The molecule has 1 aliphatic heterocycles. The van der Waals surface area contributed by atoms with Crippen LogP contribution >= 0.6 is 0 Å². The zero-order chi connectivity index (χ0) is 20.6. The van der Waals surface area contributed by atoms with Crippen molar-refractivity contribution in [1.82, 2.24) is 15.6 Å². The van der Waals surface area contributed by atoms with E-state index in [0.717, 1.165) is 49.4 Å². The highest BCUT2D eigenvalue weighted by atomic mass is 19.1. The van der Waals surface area contributed by atoms with Gasteiger partial charge in [0.2, 0.25) is 5.91 Å². The number of hydrogen-bond donors (Lipinski definition) is 2. The predicted octanol–water partition coefficient (Wildman–Crippen LogP) is 2.79.